The highest BCUT2D eigenvalue weighted by atomic mass is 16.5. The Morgan fingerprint density at radius 1 is 1.40 bits per heavy atom. The third-order valence-corrected chi connectivity index (χ3v) is 2.12. The van der Waals surface area contributed by atoms with Gasteiger partial charge in [0.2, 0.25) is 11.8 Å². The van der Waals surface area contributed by atoms with Crippen LogP contribution in [0.3, 0.4) is 0 Å². The van der Waals surface area contributed by atoms with E-state index in [0.29, 0.717) is 18.1 Å². The highest BCUT2D eigenvalue weighted by Crippen LogP contribution is 2.16. The summed E-state index contributed by atoms with van der Waals surface area (Å²) in [5.41, 5.74) is 7.35. The van der Waals surface area contributed by atoms with Gasteiger partial charge in [0, 0.05) is 11.6 Å². The number of aromatic nitrogens is 4. The molecule has 15 heavy (non-hydrogen) atoms. The van der Waals surface area contributed by atoms with Crippen LogP contribution in [-0.4, -0.2) is 26.4 Å². The molecule has 2 aromatic rings. The van der Waals surface area contributed by atoms with E-state index < -0.39 is 0 Å². The summed E-state index contributed by atoms with van der Waals surface area (Å²) in [6.07, 6.45) is 0.838. The average Bonchev–Trinajstić information content (AvgIpc) is 2.60. The zero-order valence-electron chi connectivity index (χ0n) is 8.77. The van der Waals surface area contributed by atoms with E-state index in [0.717, 1.165) is 12.0 Å². The smallest absolute Gasteiger partial charge is 0.243 e. The molecule has 0 atom stereocenters. The van der Waals surface area contributed by atoms with Gasteiger partial charge in [0.1, 0.15) is 0 Å². The lowest BCUT2D eigenvalue weighted by Gasteiger charge is -2.05. The Balaban J connectivity index is 2.62. The molecule has 6 nitrogen and oxygen atoms in total. The summed E-state index contributed by atoms with van der Waals surface area (Å²) in [7, 11) is 0. The number of anilines is 1. The molecule has 0 saturated carbocycles. The molecule has 0 aliphatic rings. The van der Waals surface area contributed by atoms with E-state index >= 15 is 0 Å². The van der Waals surface area contributed by atoms with E-state index in [-0.39, 0.29) is 5.95 Å². The van der Waals surface area contributed by atoms with E-state index in [2.05, 4.69) is 15.3 Å². The van der Waals surface area contributed by atoms with Crippen molar-refractivity contribution >= 4 is 11.6 Å². The Labute approximate surface area is 87.1 Å². The average molecular weight is 207 g/mol. The summed E-state index contributed by atoms with van der Waals surface area (Å²) in [6, 6.07) is 1.87. The van der Waals surface area contributed by atoms with Crippen molar-refractivity contribution in [3.8, 4) is 5.88 Å². The molecule has 0 aromatic carbocycles. The maximum absolute atomic E-state index is 5.64. The van der Waals surface area contributed by atoms with Gasteiger partial charge in [-0.15, -0.1) is 15.3 Å². The normalized spacial score (nSPS) is 10.8. The van der Waals surface area contributed by atoms with Crippen LogP contribution in [0.2, 0.25) is 0 Å². The van der Waals surface area contributed by atoms with Crippen molar-refractivity contribution in [3.05, 3.63) is 11.6 Å². The standard InChI is InChI=1S/C9H13N5O/c1-3-6-5-7(15-4-2)13-14-8(6)11-12-9(14)10/h5H,3-4H2,1-2H3,(H2,10,12). The zero-order chi connectivity index (χ0) is 10.8. The molecule has 2 N–H and O–H groups in total. The summed E-state index contributed by atoms with van der Waals surface area (Å²) < 4.78 is 6.84. The monoisotopic (exact) mass is 207 g/mol. The summed E-state index contributed by atoms with van der Waals surface area (Å²) in [5, 5.41) is 11.9. The molecule has 0 spiro atoms. The molecular weight excluding hydrogens is 194 g/mol. The number of ether oxygens (including phenoxy) is 1. The third-order valence-electron chi connectivity index (χ3n) is 2.12. The van der Waals surface area contributed by atoms with Gasteiger partial charge in [-0.3, -0.25) is 0 Å². The summed E-state index contributed by atoms with van der Waals surface area (Å²) in [4.78, 5) is 0. The number of aryl methyl sites for hydroxylation is 1. The van der Waals surface area contributed by atoms with Gasteiger partial charge in [0.25, 0.3) is 0 Å². The molecule has 0 radical (unpaired) electrons. The van der Waals surface area contributed by atoms with Crippen LogP contribution < -0.4 is 10.5 Å². The predicted octanol–water partition coefficient (Wildman–Crippen LogP) is 0.668. The number of hydrogen-bond donors (Lipinski definition) is 1. The lowest BCUT2D eigenvalue weighted by atomic mass is 10.2. The van der Waals surface area contributed by atoms with Gasteiger partial charge in [-0.25, -0.2) is 0 Å². The second-order valence-electron chi connectivity index (χ2n) is 3.09. The number of nitrogens with two attached hydrogens (primary N) is 1. The molecule has 2 heterocycles. The predicted molar refractivity (Wildman–Crippen MR) is 55.7 cm³/mol. The molecule has 2 rings (SSSR count). The molecule has 0 saturated heterocycles. The maximum Gasteiger partial charge on any atom is 0.243 e. The second-order valence-corrected chi connectivity index (χ2v) is 3.09. The minimum atomic E-state index is 0.279. The first-order valence-electron chi connectivity index (χ1n) is 4.89. The zero-order valence-corrected chi connectivity index (χ0v) is 8.77. The van der Waals surface area contributed by atoms with Crippen LogP contribution in [0.15, 0.2) is 6.07 Å². The van der Waals surface area contributed by atoms with Crippen molar-refractivity contribution in [1.29, 1.82) is 0 Å². The van der Waals surface area contributed by atoms with Gasteiger partial charge >= 0.3 is 0 Å². The van der Waals surface area contributed by atoms with Gasteiger partial charge in [0.15, 0.2) is 5.65 Å². The minimum Gasteiger partial charge on any atom is -0.477 e. The lowest BCUT2D eigenvalue weighted by Crippen LogP contribution is -2.04. The van der Waals surface area contributed by atoms with Crippen LogP contribution in [0.5, 0.6) is 5.88 Å². The van der Waals surface area contributed by atoms with Crippen molar-refractivity contribution in [3.63, 3.8) is 0 Å². The number of rotatable bonds is 3. The Kier molecular flexibility index (Phi) is 2.40. The quantitative estimate of drug-likeness (QED) is 0.800. The van der Waals surface area contributed by atoms with Crippen LogP contribution in [0.25, 0.3) is 5.65 Å². The summed E-state index contributed by atoms with van der Waals surface area (Å²) >= 11 is 0. The Bertz CT molecular complexity index is 479. The first-order valence-corrected chi connectivity index (χ1v) is 4.89. The van der Waals surface area contributed by atoms with E-state index in [1.807, 2.05) is 19.9 Å². The summed E-state index contributed by atoms with van der Waals surface area (Å²) in [5.74, 6) is 0.828. The van der Waals surface area contributed by atoms with Crippen LogP contribution >= 0.6 is 0 Å². The molecular formula is C9H13N5O. The molecule has 0 amide bonds. The van der Waals surface area contributed by atoms with E-state index in [9.17, 15) is 0 Å². The van der Waals surface area contributed by atoms with Crippen molar-refractivity contribution in [2.24, 2.45) is 0 Å². The number of fused-ring (bicyclic) bond motifs is 1. The Morgan fingerprint density at radius 2 is 2.20 bits per heavy atom. The van der Waals surface area contributed by atoms with Crippen LogP contribution in [0.4, 0.5) is 5.95 Å². The van der Waals surface area contributed by atoms with Crippen LogP contribution in [0, 0.1) is 0 Å². The fourth-order valence-electron chi connectivity index (χ4n) is 1.41. The van der Waals surface area contributed by atoms with Gasteiger partial charge < -0.3 is 10.5 Å². The van der Waals surface area contributed by atoms with Gasteiger partial charge in [0.05, 0.1) is 6.61 Å². The van der Waals surface area contributed by atoms with Crippen molar-refractivity contribution in [2.75, 3.05) is 12.3 Å². The lowest BCUT2D eigenvalue weighted by molar-refractivity contribution is 0.321. The van der Waals surface area contributed by atoms with Crippen LogP contribution in [-0.2, 0) is 6.42 Å². The molecule has 2 aromatic heterocycles. The van der Waals surface area contributed by atoms with E-state index in [4.69, 9.17) is 10.5 Å². The maximum atomic E-state index is 5.64. The first-order chi connectivity index (χ1) is 7.26. The van der Waals surface area contributed by atoms with Crippen molar-refractivity contribution < 1.29 is 4.74 Å². The Hall–Kier alpha value is -1.85. The minimum absolute atomic E-state index is 0.279. The molecule has 0 aliphatic carbocycles. The van der Waals surface area contributed by atoms with Gasteiger partial charge in [-0.1, -0.05) is 6.92 Å². The molecule has 0 fully saturated rings. The highest BCUT2D eigenvalue weighted by molar-refractivity contribution is 5.50. The van der Waals surface area contributed by atoms with Gasteiger partial charge in [-0.2, -0.15) is 4.52 Å². The van der Waals surface area contributed by atoms with E-state index in [1.54, 1.807) is 0 Å². The highest BCUT2D eigenvalue weighted by Gasteiger charge is 2.10. The topological polar surface area (TPSA) is 78.3 Å². The number of nitrogens with zero attached hydrogens (tertiary/aromatic N) is 4. The third kappa shape index (κ3) is 1.58. The fourth-order valence-corrected chi connectivity index (χ4v) is 1.41. The van der Waals surface area contributed by atoms with Gasteiger partial charge in [-0.05, 0) is 13.3 Å². The largest absolute Gasteiger partial charge is 0.477 e. The second kappa shape index (κ2) is 3.72. The Morgan fingerprint density at radius 3 is 2.87 bits per heavy atom. The SMILES string of the molecule is CCOc1cc(CC)c2nnc(N)n2n1. The molecule has 80 valence electrons. The first kappa shape index (κ1) is 9.70. The molecule has 0 bridgehead atoms. The van der Waals surface area contributed by atoms with Crippen molar-refractivity contribution in [2.45, 2.75) is 20.3 Å². The van der Waals surface area contributed by atoms with Crippen molar-refractivity contribution in [1.82, 2.24) is 19.8 Å². The fraction of sp³-hybridized carbons (Fsp3) is 0.444. The molecule has 0 aliphatic heterocycles. The summed E-state index contributed by atoms with van der Waals surface area (Å²) in [6.45, 7) is 4.52. The molecule has 0 unspecified atom stereocenters. The van der Waals surface area contributed by atoms with Crippen LogP contribution in [0.1, 0.15) is 19.4 Å². The number of hydrogen-bond acceptors (Lipinski definition) is 5. The molecule has 6 heteroatoms. The van der Waals surface area contributed by atoms with E-state index in [1.165, 1.54) is 4.52 Å². The number of nitrogen functional groups attached to an aromatic ring is 1.